The minimum absolute atomic E-state index is 0.122. The molecule has 0 atom stereocenters. The fourth-order valence-corrected chi connectivity index (χ4v) is 5.38. The highest BCUT2D eigenvalue weighted by Crippen LogP contribution is 2.35. The average Bonchev–Trinajstić information content (AvgIpc) is 2.37. The van der Waals surface area contributed by atoms with Gasteiger partial charge in [-0.25, -0.2) is 12.8 Å². The van der Waals surface area contributed by atoms with Crippen molar-refractivity contribution in [2.75, 3.05) is 10.5 Å². The van der Waals surface area contributed by atoms with E-state index in [4.69, 9.17) is 5.73 Å². The smallest absolute Gasteiger partial charge is 0.262 e. The highest BCUT2D eigenvalue weighted by atomic mass is 79.9. The van der Waals surface area contributed by atoms with E-state index in [2.05, 4.69) is 52.5 Å². The third-order valence-corrected chi connectivity index (χ3v) is 5.58. The molecule has 0 amide bonds. The predicted molar refractivity (Wildman–Crippen MR) is 91.2 cm³/mol. The SMILES string of the molecule is Nc1cc(S(=O)(=O)Nc2c(Br)cc(Br)cc2Br)ccc1F. The van der Waals surface area contributed by atoms with Gasteiger partial charge in [0.1, 0.15) is 5.82 Å². The van der Waals surface area contributed by atoms with Crippen molar-refractivity contribution in [2.45, 2.75) is 4.90 Å². The number of sulfonamides is 1. The third kappa shape index (κ3) is 3.77. The average molecular weight is 503 g/mol. The maximum absolute atomic E-state index is 13.1. The summed E-state index contributed by atoms with van der Waals surface area (Å²) in [6.07, 6.45) is 0. The standard InChI is InChI=1S/C12H8Br3FN2O2S/c13-6-3-8(14)12(9(15)4-6)18-21(19,20)7-1-2-10(16)11(17)5-7/h1-5,18H,17H2. The Morgan fingerprint density at radius 2 is 1.62 bits per heavy atom. The number of nitrogen functional groups attached to an aromatic ring is 1. The molecule has 0 aromatic heterocycles. The van der Waals surface area contributed by atoms with Crippen molar-refractivity contribution >= 4 is 69.2 Å². The number of hydrogen-bond donors (Lipinski definition) is 2. The Kier molecular flexibility index (Phi) is 4.96. The Labute approximate surface area is 146 Å². The molecule has 21 heavy (non-hydrogen) atoms. The summed E-state index contributed by atoms with van der Waals surface area (Å²) >= 11 is 9.85. The van der Waals surface area contributed by atoms with Crippen molar-refractivity contribution in [3.05, 3.63) is 49.6 Å². The van der Waals surface area contributed by atoms with E-state index in [1.165, 1.54) is 0 Å². The summed E-state index contributed by atoms with van der Waals surface area (Å²) in [5.74, 6) is -0.667. The van der Waals surface area contributed by atoms with Crippen molar-refractivity contribution < 1.29 is 12.8 Å². The highest BCUT2D eigenvalue weighted by molar-refractivity contribution is 9.11. The first-order valence-corrected chi connectivity index (χ1v) is 9.29. The maximum atomic E-state index is 13.1. The molecule has 4 nitrogen and oxygen atoms in total. The minimum atomic E-state index is -3.88. The first-order chi connectivity index (χ1) is 9.70. The summed E-state index contributed by atoms with van der Waals surface area (Å²) in [7, 11) is -3.88. The first kappa shape index (κ1) is 16.7. The normalized spacial score (nSPS) is 11.4. The first-order valence-electron chi connectivity index (χ1n) is 5.43. The molecule has 2 aromatic rings. The fraction of sp³-hybridized carbons (Fsp3) is 0. The molecule has 3 N–H and O–H groups in total. The van der Waals surface area contributed by atoms with Crippen LogP contribution in [-0.4, -0.2) is 8.42 Å². The van der Waals surface area contributed by atoms with E-state index in [1.54, 1.807) is 12.1 Å². The molecule has 0 heterocycles. The largest absolute Gasteiger partial charge is 0.396 e. The highest BCUT2D eigenvalue weighted by Gasteiger charge is 2.19. The fourth-order valence-electron chi connectivity index (χ4n) is 1.52. The van der Waals surface area contributed by atoms with Gasteiger partial charge in [0, 0.05) is 13.4 Å². The zero-order valence-corrected chi connectivity index (χ0v) is 15.8. The zero-order valence-electron chi connectivity index (χ0n) is 10.2. The van der Waals surface area contributed by atoms with E-state index in [1.807, 2.05) is 0 Å². The Morgan fingerprint density at radius 3 is 2.14 bits per heavy atom. The van der Waals surface area contributed by atoms with Crippen molar-refractivity contribution in [1.29, 1.82) is 0 Å². The lowest BCUT2D eigenvalue weighted by molar-refractivity contribution is 0.600. The summed E-state index contributed by atoms with van der Waals surface area (Å²) in [4.78, 5) is -0.122. The Morgan fingerprint density at radius 1 is 1.05 bits per heavy atom. The van der Waals surface area contributed by atoms with Crippen molar-refractivity contribution in [1.82, 2.24) is 0 Å². The molecule has 0 fully saturated rings. The number of nitrogens with one attached hydrogen (secondary N) is 1. The number of benzene rings is 2. The van der Waals surface area contributed by atoms with E-state index >= 15 is 0 Å². The second kappa shape index (κ2) is 6.23. The molecule has 0 spiro atoms. The lowest BCUT2D eigenvalue weighted by Crippen LogP contribution is -2.14. The molecule has 0 aliphatic heterocycles. The molecule has 112 valence electrons. The molecular weight excluding hydrogens is 495 g/mol. The number of anilines is 2. The van der Waals surface area contributed by atoms with E-state index < -0.39 is 15.8 Å². The van der Waals surface area contributed by atoms with Gasteiger partial charge in [0.25, 0.3) is 10.0 Å². The second-order valence-electron chi connectivity index (χ2n) is 4.03. The van der Waals surface area contributed by atoms with Gasteiger partial charge in [-0.3, -0.25) is 4.72 Å². The van der Waals surface area contributed by atoms with E-state index in [9.17, 15) is 12.8 Å². The van der Waals surface area contributed by atoms with Gasteiger partial charge in [-0.1, -0.05) is 15.9 Å². The lowest BCUT2D eigenvalue weighted by atomic mass is 10.3. The number of hydrogen-bond acceptors (Lipinski definition) is 3. The monoisotopic (exact) mass is 500 g/mol. The summed E-state index contributed by atoms with van der Waals surface area (Å²) in [6.45, 7) is 0. The van der Waals surface area contributed by atoms with E-state index in [-0.39, 0.29) is 10.6 Å². The van der Waals surface area contributed by atoms with Crippen molar-refractivity contribution in [3.63, 3.8) is 0 Å². The minimum Gasteiger partial charge on any atom is -0.396 e. The van der Waals surface area contributed by atoms with Gasteiger partial charge in [0.15, 0.2) is 0 Å². The summed E-state index contributed by atoms with van der Waals surface area (Å²) in [6, 6.07) is 6.62. The summed E-state index contributed by atoms with van der Waals surface area (Å²) < 4.78 is 42.0. The number of rotatable bonds is 3. The van der Waals surface area contributed by atoms with Gasteiger partial charge < -0.3 is 5.73 Å². The molecule has 0 aliphatic carbocycles. The van der Waals surface area contributed by atoms with E-state index in [0.717, 1.165) is 22.7 Å². The van der Waals surface area contributed by atoms with Gasteiger partial charge in [-0.2, -0.15) is 0 Å². The number of nitrogens with two attached hydrogens (primary N) is 1. The number of halogens is 4. The molecule has 0 aliphatic rings. The van der Waals surface area contributed by atoms with E-state index in [0.29, 0.717) is 14.6 Å². The van der Waals surface area contributed by atoms with Crippen LogP contribution in [0.1, 0.15) is 0 Å². The molecule has 0 radical (unpaired) electrons. The molecule has 2 rings (SSSR count). The molecule has 0 bridgehead atoms. The van der Waals surface area contributed by atoms with Crippen LogP contribution >= 0.6 is 47.8 Å². The maximum Gasteiger partial charge on any atom is 0.262 e. The summed E-state index contributed by atoms with van der Waals surface area (Å²) in [5.41, 5.74) is 5.50. The van der Waals surface area contributed by atoms with Crippen LogP contribution in [-0.2, 0) is 10.0 Å². The second-order valence-corrected chi connectivity index (χ2v) is 8.34. The topological polar surface area (TPSA) is 72.2 Å². The molecule has 2 aromatic carbocycles. The van der Waals surface area contributed by atoms with Crippen LogP contribution in [0.25, 0.3) is 0 Å². The Hall–Kier alpha value is -0.640. The zero-order chi connectivity index (χ0) is 15.8. The van der Waals surface area contributed by atoms with Gasteiger partial charge >= 0.3 is 0 Å². The molecule has 9 heteroatoms. The van der Waals surface area contributed by atoms with Crippen LogP contribution < -0.4 is 10.5 Å². The van der Waals surface area contributed by atoms with Gasteiger partial charge in [-0.05, 0) is 62.2 Å². The van der Waals surface area contributed by atoms with Gasteiger partial charge in [0.2, 0.25) is 0 Å². The van der Waals surface area contributed by atoms with Crippen LogP contribution in [0.2, 0.25) is 0 Å². The van der Waals surface area contributed by atoms with Crippen LogP contribution in [0, 0.1) is 5.82 Å². The van der Waals surface area contributed by atoms with Crippen molar-refractivity contribution in [2.24, 2.45) is 0 Å². The van der Waals surface area contributed by atoms with Crippen LogP contribution in [0.15, 0.2) is 48.6 Å². The van der Waals surface area contributed by atoms with Crippen LogP contribution in [0.3, 0.4) is 0 Å². The molecule has 0 saturated carbocycles. The molecule has 0 saturated heterocycles. The molecule has 0 unspecified atom stereocenters. The van der Waals surface area contributed by atoms with Crippen molar-refractivity contribution in [3.8, 4) is 0 Å². The quantitative estimate of drug-likeness (QED) is 0.607. The molecular formula is C12H8Br3FN2O2S. The predicted octanol–water partition coefficient (Wildman–Crippen LogP) is 4.50. The van der Waals surface area contributed by atoms with Gasteiger partial charge in [-0.15, -0.1) is 0 Å². The van der Waals surface area contributed by atoms with Gasteiger partial charge in [0.05, 0.1) is 16.3 Å². The lowest BCUT2D eigenvalue weighted by Gasteiger charge is -2.12. The van der Waals surface area contributed by atoms with Crippen LogP contribution in [0.4, 0.5) is 15.8 Å². The van der Waals surface area contributed by atoms with Crippen LogP contribution in [0.5, 0.6) is 0 Å². The Bertz CT molecular complexity index is 789. The Balaban J connectivity index is 2.44. The third-order valence-electron chi connectivity index (χ3n) is 2.52. The summed E-state index contributed by atoms with van der Waals surface area (Å²) in [5, 5.41) is 0.